The van der Waals surface area contributed by atoms with Crippen LogP contribution in [0.5, 0.6) is 0 Å². The van der Waals surface area contributed by atoms with Gasteiger partial charge in [-0.2, -0.15) is 12.6 Å². The Kier molecular flexibility index (Phi) is 3.38. The highest BCUT2D eigenvalue weighted by molar-refractivity contribution is 7.80. The van der Waals surface area contributed by atoms with Crippen LogP contribution in [0.3, 0.4) is 0 Å². The fraction of sp³-hybridized carbons (Fsp3) is 1.00. The summed E-state index contributed by atoms with van der Waals surface area (Å²) in [5.74, 6) is 0. The highest BCUT2D eigenvalue weighted by atomic mass is 32.1. The molecule has 2 atom stereocenters. The molecular weight excluding hydrogens is 176 g/mol. The molecule has 0 heterocycles. The molecule has 0 aromatic rings. The molecule has 0 nitrogen and oxygen atoms in total. The second-order valence-electron chi connectivity index (χ2n) is 5.96. The van der Waals surface area contributed by atoms with Crippen LogP contribution in [-0.2, 0) is 0 Å². The van der Waals surface area contributed by atoms with Gasteiger partial charge in [0.15, 0.2) is 0 Å². The summed E-state index contributed by atoms with van der Waals surface area (Å²) in [5, 5.41) is 0.625. The first-order valence-electron chi connectivity index (χ1n) is 5.55. The van der Waals surface area contributed by atoms with Crippen molar-refractivity contribution in [3.8, 4) is 0 Å². The molecule has 13 heavy (non-hydrogen) atoms. The normalized spacial score (nSPS) is 39.0. The molecule has 2 unspecified atom stereocenters. The van der Waals surface area contributed by atoms with E-state index in [1.165, 1.54) is 32.1 Å². The lowest BCUT2D eigenvalue weighted by Crippen LogP contribution is -2.36. The van der Waals surface area contributed by atoms with E-state index in [1.807, 2.05) is 0 Å². The van der Waals surface area contributed by atoms with E-state index in [-0.39, 0.29) is 0 Å². The van der Waals surface area contributed by atoms with Crippen LogP contribution >= 0.6 is 12.6 Å². The number of hydrogen-bond acceptors (Lipinski definition) is 1. The minimum Gasteiger partial charge on any atom is -0.176 e. The van der Waals surface area contributed by atoms with E-state index in [1.54, 1.807) is 0 Å². The van der Waals surface area contributed by atoms with Gasteiger partial charge in [0, 0.05) is 5.25 Å². The van der Waals surface area contributed by atoms with Gasteiger partial charge < -0.3 is 0 Å². The molecule has 0 radical (unpaired) electrons. The summed E-state index contributed by atoms with van der Waals surface area (Å²) in [5.41, 5.74) is 1.07. The van der Waals surface area contributed by atoms with Crippen molar-refractivity contribution in [3.63, 3.8) is 0 Å². The SMILES string of the molecule is CCCC1(C)CC(S)CC(C)(C)C1. The van der Waals surface area contributed by atoms with E-state index < -0.39 is 0 Å². The molecule has 0 spiro atoms. The van der Waals surface area contributed by atoms with Crippen molar-refractivity contribution in [3.05, 3.63) is 0 Å². The summed E-state index contributed by atoms with van der Waals surface area (Å²) in [6.07, 6.45) is 6.66. The highest BCUT2D eigenvalue weighted by Gasteiger charge is 2.39. The van der Waals surface area contributed by atoms with Gasteiger partial charge >= 0.3 is 0 Å². The van der Waals surface area contributed by atoms with Gasteiger partial charge in [-0.05, 0) is 36.5 Å². The number of hydrogen-bond donors (Lipinski definition) is 1. The molecule has 0 aromatic carbocycles. The van der Waals surface area contributed by atoms with Crippen LogP contribution < -0.4 is 0 Å². The van der Waals surface area contributed by atoms with Crippen LogP contribution in [0, 0.1) is 10.8 Å². The van der Waals surface area contributed by atoms with E-state index in [0.29, 0.717) is 16.1 Å². The maximum Gasteiger partial charge on any atom is 0.00270 e. The molecule has 0 aliphatic heterocycles. The monoisotopic (exact) mass is 200 g/mol. The minimum atomic E-state index is 0.509. The molecule has 0 bridgehead atoms. The fourth-order valence-electron chi connectivity index (χ4n) is 3.37. The third kappa shape index (κ3) is 3.19. The van der Waals surface area contributed by atoms with E-state index in [0.717, 1.165) is 0 Å². The van der Waals surface area contributed by atoms with Crippen LogP contribution in [0.1, 0.15) is 59.8 Å². The Morgan fingerprint density at radius 2 is 1.85 bits per heavy atom. The van der Waals surface area contributed by atoms with Crippen molar-refractivity contribution >= 4 is 12.6 Å². The molecule has 0 amide bonds. The second kappa shape index (κ2) is 3.84. The molecule has 1 fully saturated rings. The number of rotatable bonds is 2. The first-order valence-corrected chi connectivity index (χ1v) is 6.07. The topological polar surface area (TPSA) is 0 Å². The third-order valence-corrected chi connectivity index (χ3v) is 3.64. The van der Waals surface area contributed by atoms with Gasteiger partial charge in [0.25, 0.3) is 0 Å². The number of thiol groups is 1. The maximum absolute atomic E-state index is 4.68. The van der Waals surface area contributed by atoms with E-state index in [9.17, 15) is 0 Å². The van der Waals surface area contributed by atoms with Crippen LogP contribution in [-0.4, -0.2) is 5.25 Å². The largest absolute Gasteiger partial charge is 0.176 e. The van der Waals surface area contributed by atoms with Crippen molar-refractivity contribution in [2.75, 3.05) is 0 Å². The first kappa shape index (κ1) is 11.4. The Labute approximate surface area is 88.9 Å². The van der Waals surface area contributed by atoms with Crippen LogP contribution in [0.25, 0.3) is 0 Å². The van der Waals surface area contributed by atoms with E-state index in [4.69, 9.17) is 0 Å². The predicted molar refractivity (Wildman–Crippen MR) is 63.4 cm³/mol. The Hall–Kier alpha value is 0.350. The molecule has 0 saturated heterocycles. The zero-order valence-corrected chi connectivity index (χ0v) is 10.5. The minimum absolute atomic E-state index is 0.509. The Morgan fingerprint density at radius 1 is 1.23 bits per heavy atom. The summed E-state index contributed by atoms with van der Waals surface area (Å²) in [6.45, 7) is 9.52. The van der Waals surface area contributed by atoms with E-state index in [2.05, 4.69) is 40.3 Å². The molecule has 1 heteroatoms. The Bertz CT molecular complexity index is 174. The van der Waals surface area contributed by atoms with Gasteiger partial charge in [-0.25, -0.2) is 0 Å². The lowest BCUT2D eigenvalue weighted by atomic mass is 9.63. The molecule has 1 saturated carbocycles. The van der Waals surface area contributed by atoms with Crippen LogP contribution in [0.15, 0.2) is 0 Å². The molecule has 1 rings (SSSR count). The Morgan fingerprint density at radius 3 is 2.31 bits per heavy atom. The molecule has 1 aliphatic rings. The average Bonchev–Trinajstić information content (AvgIpc) is 1.78. The summed E-state index contributed by atoms with van der Waals surface area (Å²) in [4.78, 5) is 0. The second-order valence-corrected chi connectivity index (χ2v) is 6.69. The molecule has 1 aliphatic carbocycles. The molecule has 0 N–H and O–H groups in total. The predicted octanol–water partition coefficient (Wildman–Crippen LogP) is 4.30. The van der Waals surface area contributed by atoms with Crippen molar-refractivity contribution in [2.45, 2.75) is 65.0 Å². The quantitative estimate of drug-likeness (QED) is 0.631. The van der Waals surface area contributed by atoms with Gasteiger partial charge in [0.1, 0.15) is 0 Å². The van der Waals surface area contributed by atoms with Crippen LogP contribution in [0.2, 0.25) is 0 Å². The molecular formula is C12H24S. The highest BCUT2D eigenvalue weighted by Crippen LogP contribution is 2.49. The summed E-state index contributed by atoms with van der Waals surface area (Å²) in [6, 6.07) is 0. The lowest BCUT2D eigenvalue weighted by molar-refractivity contribution is 0.0958. The molecule has 0 aromatic heterocycles. The standard InChI is InChI=1S/C12H24S/c1-5-6-12(4)8-10(13)7-11(2,3)9-12/h10,13H,5-9H2,1-4H3. The van der Waals surface area contributed by atoms with Gasteiger partial charge in [-0.15, -0.1) is 0 Å². The zero-order valence-electron chi connectivity index (χ0n) is 9.56. The summed E-state index contributed by atoms with van der Waals surface area (Å²) >= 11 is 4.68. The third-order valence-electron chi connectivity index (χ3n) is 3.28. The van der Waals surface area contributed by atoms with Crippen LogP contribution in [0.4, 0.5) is 0 Å². The van der Waals surface area contributed by atoms with Gasteiger partial charge in [-0.1, -0.05) is 34.1 Å². The first-order chi connectivity index (χ1) is 5.87. The van der Waals surface area contributed by atoms with Gasteiger partial charge in [-0.3, -0.25) is 0 Å². The lowest BCUT2D eigenvalue weighted by Gasteiger charge is -2.45. The van der Waals surface area contributed by atoms with Crippen molar-refractivity contribution < 1.29 is 0 Å². The zero-order chi connectivity index (χ0) is 10.1. The summed E-state index contributed by atoms with van der Waals surface area (Å²) in [7, 11) is 0. The smallest absolute Gasteiger partial charge is 0.00270 e. The average molecular weight is 200 g/mol. The van der Waals surface area contributed by atoms with Gasteiger partial charge in [0.2, 0.25) is 0 Å². The van der Waals surface area contributed by atoms with Crippen molar-refractivity contribution in [1.29, 1.82) is 0 Å². The summed E-state index contributed by atoms with van der Waals surface area (Å²) < 4.78 is 0. The van der Waals surface area contributed by atoms with Crippen molar-refractivity contribution in [2.24, 2.45) is 10.8 Å². The van der Waals surface area contributed by atoms with Crippen molar-refractivity contribution in [1.82, 2.24) is 0 Å². The van der Waals surface area contributed by atoms with E-state index >= 15 is 0 Å². The maximum atomic E-state index is 4.68. The fourth-order valence-corrected chi connectivity index (χ4v) is 4.31. The Balaban J connectivity index is 2.66. The molecule has 78 valence electrons. The van der Waals surface area contributed by atoms with Gasteiger partial charge in [0.05, 0.1) is 0 Å².